The minimum absolute atomic E-state index is 0.210. The summed E-state index contributed by atoms with van der Waals surface area (Å²) in [7, 11) is -1.50. The molecule has 9 heteroatoms. The highest BCUT2D eigenvalue weighted by molar-refractivity contribution is 7.89. The van der Waals surface area contributed by atoms with Crippen molar-refractivity contribution in [2.24, 2.45) is 5.73 Å². The van der Waals surface area contributed by atoms with Gasteiger partial charge in [-0.3, -0.25) is 4.79 Å². The fourth-order valence-corrected chi connectivity index (χ4v) is 4.92. The highest BCUT2D eigenvalue weighted by Crippen LogP contribution is 2.32. The minimum atomic E-state index is -3.56. The molecule has 3 rings (SSSR count). The number of piperidine rings is 1. The Morgan fingerprint density at radius 3 is 2.46 bits per heavy atom. The van der Waals surface area contributed by atoms with Gasteiger partial charge in [0, 0.05) is 26.2 Å². The highest BCUT2D eigenvalue weighted by atomic mass is 32.2. The molecule has 1 aromatic rings. The molecule has 0 atom stereocenters. The average Bonchev–Trinajstić information content (AvgIpc) is 2.60. The Morgan fingerprint density at radius 2 is 1.88 bits per heavy atom. The van der Waals surface area contributed by atoms with Crippen LogP contribution >= 0.6 is 0 Å². The van der Waals surface area contributed by atoms with Crippen LogP contribution in [0.25, 0.3) is 0 Å². The number of hydrogen-bond acceptors (Lipinski definition) is 6. The number of morpholine rings is 1. The van der Waals surface area contributed by atoms with Crippen molar-refractivity contribution in [2.75, 3.05) is 46.4 Å². The molecule has 2 heterocycles. The van der Waals surface area contributed by atoms with E-state index in [1.165, 1.54) is 28.6 Å². The molecule has 1 amide bonds. The molecule has 2 aliphatic rings. The monoisotopic (exact) mass is 383 g/mol. The van der Waals surface area contributed by atoms with Crippen LogP contribution in [0.2, 0.25) is 0 Å². The molecule has 0 unspecified atom stereocenters. The molecule has 0 bridgehead atoms. The van der Waals surface area contributed by atoms with Gasteiger partial charge >= 0.3 is 0 Å². The predicted octanol–water partition coefficient (Wildman–Crippen LogP) is 0.0360. The van der Waals surface area contributed by atoms with Crippen molar-refractivity contribution in [3.8, 4) is 5.75 Å². The molecule has 2 fully saturated rings. The maximum absolute atomic E-state index is 12.9. The summed E-state index contributed by atoms with van der Waals surface area (Å²) in [5.74, 6) is -0.182. The second kappa shape index (κ2) is 7.51. The smallest absolute Gasteiger partial charge is 0.255 e. The number of likely N-dealkylation sites (N-methyl/N-ethyl adjacent to an activating group) is 1. The molecular formula is C17H25N3O5S. The van der Waals surface area contributed by atoms with Crippen LogP contribution in [0.15, 0.2) is 29.2 Å². The van der Waals surface area contributed by atoms with Crippen LogP contribution in [0.5, 0.6) is 5.75 Å². The lowest BCUT2D eigenvalue weighted by Crippen LogP contribution is -2.56. The standard InChI is InChI=1S/C17H25N3O5S/c1-19-10-11-25-17(13-19)6-8-20(9-7-17)26(22,23)15-4-2-14(3-5-15)24-12-16(18)21/h2-5H,6-13H2,1H3,(H2,18,21). The molecule has 8 nitrogen and oxygen atoms in total. The van der Waals surface area contributed by atoms with Crippen molar-refractivity contribution >= 4 is 15.9 Å². The number of sulfonamides is 1. The van der Waals surface area contributed by atoms with E-state index in [1.807, 2.05) is 0 Å². The number of nitrogens with two attached hydrogens (primary N) is 1. The first-order valence-corrected chi connectivity index (χ1v) is 10.1. The van der Waals surface area contributed by atoms with Gasteiger partial charge in [0.05, 0.1) is 17.1 Å². The fraction of sp³-hybridized carbons (Fsp3) is 0.588. The molecule has 1 aromatic carbocycles. The van der Waals surface area contributed by atoms with E-state index in [-0.39, 0.29) is 17.1 Å². The Bertz CT molecular complexity index is 742. The first-order chi connectivity index (χ1) is 12.3. The summed E-state index contributed by atoms with van der Waals surface area (Å²) in [6, 6.07) is 6.03. The zero-order valence-corrected chi connectivity index (χ0v) is 15.7. The van der Waals surface area contributed by atoms with Crippen molar-refractivity contribution in [3.63, 3.8) is 0 Å². The van der Waals surface area contributed by atoms with E-state index in [2.05, 4.69) is 11.9 Å². The predicted molar refractivity (Wildman–Crippen MR) is 95.3 cm³/mol. The normalized spacial score (nSPS) is 21.6. The number of amides is 1. The first-order valence-electron chi connectivity index (χ1n) is 8.65. The first kappa shape index (κ1) is 19.1. The van der Waals surface area contributed by atoms with Gasteiger partial charge < -0.3 is 20.1 Å². The molecule has 0 radical (unpaired) electrons. The number of carbonyl (C=O) groups excluding carboxylic acids is 1. The number of benzene rings is 1. The number of nitrogens with zero attached hydrogens (tertiary/aromatic N) is 2. The van der Waals surface area contributed by atoms with Crippen molar-refractivity contribution in [2.45, 2.75) is 23.3 Å². The van der Waals surface area contributed by atoms with Crippen LogP contribution in [-0.4, -0.2) is 75.6 Å². The van der Waals surface area contributed by atoms with Gasteiger partial charge in [-0.1, -0.05) is 0 Å². The second-order valence-electron chi connectivity index (χ2n) is 6.90. The summed E-state index contributed by atoms with van der Waals surface area (Å²) in [6.45, 7) is 3.08. The van der Waals surface area contributed by atoms with Gasteiger partial charge in [-0.2, -0.15) is 4.31 Å². The second-order valence-corrected chi connectivity index (χ2v) is 8.84. The van der Waals surface area contributed by atoms with Gasteiger partial charge in [-0.05, 0) is 44.2 Å². The third-order valence-electron chi connectivity index (χ3n) is 4.92. The topological polar surface area (TPSA) is 102 Å². The molecule has 144 valence electrons. The quantitative estimate of drug-likeness (QED) is 0.770. The third kappa shape index (κ3) is 4.17. The summed E-state index contributed by atoms with van der Waals surface area (Å²) in [5, 5.41) is 0. The Balaban J connectivity index is 1.64. The van der Waals surface area contributed by atoms with Crippen LogP contribution in [0.4, 0.5) is 0 Å². The van der Waals surface area contributed by atoms with E-state index in [4.69, 9.17) is 15.2 Å². The minimum Gasteiger partial charge on any atom is -0.484 e. The Morgan fingerprint density at radius 1 is 1.23 bits per heavy atom. The van der Waals surface area contributed by atoms with Crippen LogP contribution in [0, 0.1) is 0 Å². The van der Waals surface area contributed by atoms with Crippen LogP contribution in [0.1, 0.15) is 12.8 Å². The van der Waals surface area contributed by atoms with Crippen LogP contribution < -0.4 is 10.5 Å². The van der Waals surface area contributed by atoms with Crippen molar-refractivity contribution in [1.29, 1.82) is 0 Å². The summed E-state index contributed by atoms with van der Waals surface area (Å²) in [4.78, 5) is 13.2. The number of primary amides is 1. The van der Waals surface area contributed by atoms with E-state index < -0.39 is 15.9 Å². The van der Waals surface area contributed by atoms with Gasteiger partial charge in [0.2, 0.25) is 10.0 Å². The zero-order valence-electron chi connectivity index (χ0n) is 14.9. The molecule has 0 saturated carbocycles. The number of rotatable bonds is 5. The molecular weight excluding hydrogens is 358 g/mol. The highest BCUT2D eigenvalue weighted by Gasteiger charge is 2.41. The lowest BCUT2D eigenvalue weighted by atomic mass is 9.90. The fourth-order valence-electron chi connectivity index (χ4n) is 3.48. The van der Waals surface area contributed by atoms with Crippen LogP contribution in [0.3, 0.4) is 0 Å². The van der Waals surface area contributed by atoms with Gasteiger partial charge in [-0.25, -0.2) is 8.42 Å². The molecule has 0 aromatic heterocycles. The largest absolute Gasteiger partial charge is 0.484 e. The van der Waals surface area contributed by atoms with E-state index >= 15 is 0 Å². The number of ether oxygens (including phenoxy) is 2. The van der Waals surface area contributed by atoms with Gasteiger partial charge in [0.25, 0.3) is 5.91 Å². The molecule has 26 heavy (non-hydrogen) atoms. The average molecular weight is 383 g/mol. The SMILES string of the molecule is CN1CCOC2(CCN(S(=O)(=O)c3ccc(OCC(N)=O)cc3)CC2)C1. The summed E-state index contributed by atoms with van der Waals surface area (Å²) < 4.78 is 38.4. The van der Waals surface area contributed by atoms with E-state index in [0.717, 1.165) is 13.1 Å². The van der Waals surface area contributed by atoms with Gasteiger partial charge in [0.15, 0.2) is 6.61 Å². The van der Waals surface area contributed by atoms with Crippen molar-refractivity contribution < 1.29 is 22.7 Å². The zero-order chi connectivity index (χ0) is 18.8. The number of carbonyl (C=O) groups is 1. The maximum Gasteiger partial charge on any atom is 0.255 e. The van der Waals surface area contributed by atoms with E-state index in [0.29, 0.717) is 38.3 Å². The summed E-state index contributed by atoms with van der Waals surface area (Å²) in [6.07, 6.45) is 1.38. The molecule has 2 aliphatic heterocycles. The Hall–Kier alpha value is -1.68. The molecule has 1 spiro atoms. The molecule has 0 aliphatic carbocycles. The van der Waals surface area contributed by atoms with Gasteiger partial charge in [-0.15, -0.1) is 0 Å². The van der Waals surface area contributed by atoms with Crippen LogP contribution in [-0.2, 0) is 19.6 Å². The lowest BCUT2D eigenvalue weighted by Gasteiger charge is -2.46. The molecule has 2 N–H and O–H groups in total. The lowest BCUT2D eigenvalue weighted by molar-refractivity contribution is -0.124. The maximum atomic E-state index is 12.9. The summed E-state index contributed by atoms with van der Waals surface area (Å²) in [5.41, 5.74) is 4.79. The van der Waals surface area contributed by atoms with Gasteiger partial charge in [0.1, 0.15) is 5.75 Å². The molecule has 2 saturated heterocycles. The van der Waals surface area contributed by atoms with Crippen molar-refractivity contribution in [3.05, 3.63) is 24.3 Å². The Kier molecular flexibility index (Phi) is 5.52. The Labute approximate surface area is 153 Å². The number of hydrogen-bond donors (Lipinski definition) is 1. The van der Waals surface area contributed by atoms with E-state index in [9.17, 15) is 13.2 Å². The third-order valence-corrected chi connectivity index (χ3v) is 6.83. The van der Waals surface area contributed by atoms with Crippen molar-refractivity contribution in [1.82, 2.24) is 9.21 Å². The van der Waals surface area contributed by atoms with E-state index in [1.54, 1.807) is 0 Å². The summed E-state index contributed by atoms with van der Waals surface area (Å²) >= 11 is 0.